The van der Waals surface area contributed by atoms with Gasteiger partial charge in [-0.3, -0.25) is 4.79 Å². The lowest BCUT2D eigenvalue weighted by atomic mass is 10.1. The summed E-state index contributed by atoms with van der Waals surface area (Å²) in [6.45, 7) is 7.73. The zero-order chi connectivity index (χ0) is 15.4. The van der Waals surface area contributed by atoms with Gasteiger partial charge in [0.2, 0.25) is 0 Å². The van der Waals surface area contributed by atoms with Gasteiger partial charge in [0.25, 0.3) is 5.91 Å². The van der Waals surface area contributed by atoms with Gasteiger partial charge in [0.1, 0.15) is 5.75 Å². The van der Waals surface area contributed by atoms with E-state index in [1.807, 2.05) is 63.2 Å². The molecule has 0 aliphatic carbocycles. The summed E-state index contributed by atoms with van der Waals surface area (Å²) in [5.41, 5.74) is 4.12. The van der Waals surface area contributed by atoms with E-state index in [1.165, 1.54) is 0 Å². The number of carbonyl (C=O) groups excluding carboxylic acids is 1. The van der Waals surface area contributed by atoms with Crippen molar-refractivity contribution >= 4 is 11.6 Å². The number of amides is 1. The van der Waals surface area contributed by atoms with Crippen LogP contribution in [-0.2, 0) is 4.79 Å². The van der Waals surface area contributed by atoms with Gasteiger partial charge >= 0.3 is 0 Å². The molecule has 0 aromatic heterocycles. The van der Waals surface area contributed by atoms with Crippen LogP contribution < -0.4 is 10.1 Å². The second-order valence-electron chi connectivity index (χ2n) is 5.33. The van der Waals surface area contributed by atoms with Gasteiger partial charge in [0.15, 0.2) is 6.10 Å². The predicted molar refractivity (Wildman–Crippen MR) is 85.8 cm³/mol. The monoisotopic (exact) mass is 283 g/mol. The Kier molecular flexibility index (Phi) is 4.63. The molecule has 3 nitrogen and oxygen atoms in total. The maximum absolute atomic E-state index is 12.3. The number of aryl methyl sites for hydroxylation is 3. The highest BCUT2D eigenvalue weighted by atomic mass is 16.5. The van der Waals surface area contributed by atoms with Crippen molar-refractivity contribution in [2.24, 2.45) is 0 Å². The molecule has 0 aliphatic rings. The third-order valence-electron chi connectivity index (χ3n) is 3.43. The van der Waals surface area contributed by atoms with Crippen LogP contribution in [0.25, 0.3) is 0 Å². The maximum Gasteiger partial charge on any atom is 0.265 e. The van der Waals surface area contributed by atoms with Crippen LogP contribution in [0.15, 0.2) is 42.5 Å². The molecule has 0 bridgehead atoms. The predicted octanol–water partition coefficient (Wildman–Crippen LogP) is 4.02. The van der Waals surface area contributed by atoms with E-state index in [0.717, 1.165) is 22.4 Å². The number of ether oxygens (including phenoxy) is 1. The van der Waals surface area contributed by atoms with Crippen LogP contribution in [0.2, 0.25) is 0 Å². The lowest BCUT2D eigenvalue weighted by Crippen LogP contribution is -2.30. The molecule has 0 spiro atoms. The average molecular weight is 283 g/mol. The first-order valence-corrected chi connectivity index (χ1v) is 7.08. The van der Waals surface area contributed by atoms with Crippen LogP contribution in [-0.4, -0.2) is 12.0 Å². The van der Waals surface area contributed by atoms with Gasteiger partial charge in [0.05, 0.1) is 0 Å². The molecule has 1 amide bonds. The highest BCUT2D eigenvalue weighted by Crippen LogP contribution is 2.20. The molecule has 3 heteroatoms. The Hall–Kier alpha value is -2.29. The van der Waals surface area contributed by atoms with Crippen molar-refractivity contribution < 1.29 is 9.53 Å². The molecule has 0 heterocycles. The van der Waals surface area contributed by atoms with Gasteiger partial charge in [0, 0.05) is 5.69 Å². The number of rotatable bonds is 4. The van der Waals surface area contributed by atoms with Gasteiger partial charge in [-0.2, -0.15) is 0 Å². The first kappa shape index (κ1) is 15.1. The van der Waals surface area contributed by atoms with Crippen LogP contribution >= 0.6 is 0 Å². The van der Waals surface area contributed by atoms with Crippen LogP contribution in [0.5, 0.6) is 5.75 Å². The van der Waals surface area contributed by atoms with E-state index in [-0.39, 0.29) is 5.91 Å². The summed E-state index contributed by atoms with van der Waals surface area (Å²) in [6.07, 6.45) is -0.549. The normalized spacial score (nSPS) is 11.8. The third kappa shape index (κ3) is 3.85. The minimum atomic E-state index is -0.549. The molecular weight excluding hydrogens is 262 g/mol. The fourth-order valence-electron chi connectivity index (χ4n) is 2.11. The molecule has 1 unspecified atom stereocenters. The number of para-hydroxylation sites is 1. The van der Waals surface area contributed by atoms with Crippen LogP contribution in [0.3, 0.4) is 0 Å². The molecule has 0 aliphatic heterocycles. The number of carbonyl (C=O) groups is 1. The Morgan fingerprint density at radius 2 is 1.57 bits per heavy atom. The zero-order valence-electron chi connectivity index (χ0n) is 12.9. The van der Waals surface area contributed by atoms with Crippen molar-refractivity contribution in [3.05, 3.63) is 59.2 Å². The van der Waals surface area contributed by atoms with E-state index in [2.05, 4.69) is 5.32 Å². The molecule has 0 saturated carbocycles. The molecule has 0 fully saturated rings. The second-order valence-corrected chi connectivity index (χ2v) is 5.33. The summed E-state index contributed by atoms with van der Waals surface area (Å²) in [7, 11) is 0. The zero-order valence-corrected chi connectivity index (χ0v) is 12.9. The highest BCUT2D eigenvalue weighted by molar-refractivity contribution is 5.95. The van der Waals surface area contributed by atoms with Crippen LogP contribution in [0, 0.1) is 20.8 Å². The third-order valence-corrected chi connectivity index (χ3v) is 3.43. The number of anilines is 1. The number of hydrogen-bond donors (Lipinski definition) is 1. The molecule has 1 N–H and O–H groups in total. The Labute approximate surface area is 126 Å². The van der Waals surface area contributed by atoms with Crippen molar-refractivity contribution in [2.75, 3.05) is 5.32 Å². The minimum Gasteiger partial charge on any atom is -0.481 e. The summed E-state index contributed by atoms with van der Waals surface area (Å²) in [5.74, 6) is 0.553. The Balaban J connectivity index is 2.04. The van der Waals surface area contributed by atoms with Crippen LogP contribution in [0.4, 0.5) is 5.69 Å². The fraction of sp³-hybridized carbons (Fsp3) is 0.278. The van der Waals surface area contributed by atoms with E-state index in [0.29, 0.717) is 5.75 Å². The van der Waals surface area contributed by atoms with Crippen molar-refractivity contribution in [3.63, 3.8) is 0 Å². The SMILES string of the molecule is Cc1ccc(OC(C)C(=O)Nc2c(C)cccc2C)cc1. The van der Waals surface area contributed by atoms with E-state index in [4.69, 9.17) is 4.74 Å². The topological polar surface area (TPSA) is 38.3 Å². The lowest BCUT2D eigenvalue weighted by molar-refractivity contribution is -0.122. The van der Waals surface area contributed by atoms with Crippen molar-refractivity contribution in [1.82, 2.24) is 0 Å². The molecule has 2 rings (SSSR count). The minimum absolute atomic E-state index is 0.145. The maximum atomic E-state index is 12.3. The van der Waals surface area contributed by atoms with E-state index >= 15 is 0 Å². The molecular formula is C18H21NO2. The van der Waals surface area contributed by atoms with Crippen molar-refractivity contribution in [2.45, 2.75) is 33.8 Å². The van der Waals surface area contributed by atoms with E-state index < -0.39 is 6.10 Å². The van der Waals surface area contributed by atoms with Crippen molar-refractivity contribution in [3.8, 4) is 5.75 Å². The molecule has 2 aromatic carbocycles. The van der Waals surface area contributed by atoms with Gasteiger partial charge in [-0.25, -0.2) is 0 Å². The Morgan fingerprint density at radius 1 is 1.00 bits per heavy atom. The first-order valence-electron chi connectivity index (χ1n) is 7.08. The highest BCUT2D eigenvalue weighted by Gasteiger charge is 2.16. The molecule has 110 valence electrons. The quantitative estimate of drug-likeness (QED) is 0.920. The van der Waals surface area contributed by atoms with Gasteiger partial charge < -0.3 is 10.1 Å². The average Bonchev–Trinajstić information content (AvgIpc) is 2.45. The summed E-state index contributed by atoms with van der Waals surface area (Å²) in [6, 6.07) is 13.6. The van der Waals surface area contributed by atoms with E-state index in [1.54, 1.807) is 6.92 Å². The number of benzene rings is 2. The van der Waals surface area contributed by atoms with Gasteiger partial charge in [-0.05, 0) is 51.0 Å². The van der Waals surface area contributed by atoms with E-state index in [9.17, 15) is 4.79 Å². The first-order chi connectivity index (χ1) is 9.97. The molecule has 1 atom stereocenters. The van der Waals surface area contributed by atoms with Crippen LogP contribution in [0.1, 0.15) is 23.6 Å². The molecule has 21 heavy (non-hydrogen) atoms. The molecule has 0 saturated heterocycles. The van der Waals surface area contributed by atoms with Crippen molar-refractivity contribution in [1.29, 1.82) is 0 Å². The summed E-state index contributed by atoms with van der Waals surface area (Å²) >= 11 is 0. The summed E-state index contributed by atoms with van der Waals surface area (Å²) in [5, 5.41) is 2.95. The molecule has 0 radical (unpaired) electrons. The number of hydrogen-bond acceptors (Lipinski definition) is 2. The molecule has 2 aromatic rings. The summed E-state index contributed by atoms with van der Waals surface area (Å²) < 4.78 is 5.67. The standard InChI is InChI=1S/C18H21NO2/c1-12-8-10-16(11-9-12)21-15(4)18(20)19-17-13(2)6-5-7-14(17)3/h5-11,15H,1-4H3,(H,19,20). The fourth-order valence-corrected chi connectivity index (χ4v) is 2.11. The number of nitrogens with one attached hydrogen (secondary N) is 1. The van der Waals surface area contributed by atoms with Gasteiger partial charge in [-0.1, -0.05) is 35.9 Å². The largest absolute Gasteiger partial charge is 0.481 e. The second kappa shape index (κ2) is 6.44. The van der Waals surface area contributed by atoms with Gasteiger partial charge in [-0.15, -0.1) is 0 Å². The lowest BCUT2D eigenvalue weighted by Gasteiger charge is -2.17. The Bertz CT molecular complexity index is 612. The smallest absolute Gasteiger partial charge is 0.265 e. The Morgan fingerprint density at radius 3 is 2.14 bits per heavy atom. The summed E-state index contributed by atoms with van der Waals surface area (Å²) in [4.78, 5) is 12.3.